The summed E-state index contributed by atoms with van der Waals surface area (Å²) in [6.45, 7) is 2.28. The molecular weight excluding hydrogens is 148 g/mol. The molecule has 0 aromatic carbocycles. The second-order valence-corrected chi connectivity index (χ2v) is 4.17. The molecule has 1 saturated carbocycles. The molecule has 66 valence electrons. The van der Waals surface area contributed by atoms with Crippen LogP contribution in [-0.2, 0) is 0 Å². The molecule has 2 aliphatic rings. The van der Waals surface area contributed by atoms with Crippen molar-refractivity contribution >= 4 is 0 Å². The average Bonchev–Trinajstić information content (AvgIpc) is 2.06. The molecule has 1 heteroatoms. The highest BCUT2D eigenvalue weighted by Crippen LogP contribution is 2.43. The third kappa shape index (κ3) is 1.22. The summed E-state index contributed by atoms with van der Waals surface area (Å²) in [6.07, 6.45) is 10.8. The summed E-state index contributed by atoms with van der Waals surface area (Å²) in [5.41, 5.74) is 1.72. The topological polar surface area (TPSA) is 20.2 Å². The molecule has 1 fully saturated rings. The first-order chi connectivity index (χ1) is 5.71. The van der Waals surface area contributed by atoms with Gasteiger partial charge in [0.15, 0.2) is 0 Å². The van der Waals surface area contributed by atoms with E-state index in [9.17, 15) is 5.11 Å². The Kier molecular flexibility index (Phi) is 1.84. The zero-order chi connectivity index (χ0) is 8.60. The Hall–Kier alpha value is -0.560. The van der Waals surface area contributed by atoms with Crippen molar-refractivity contribution in [3.05, 3.63) is 23.8 Å². The van der Waals surface area contributed by atoms with Crippen LogP contribution >= 0.6 is 0 Å². The molecule has 2 aliphatic carbocycles. The first-order valence-corrected chi connectivity index (χ1v) is 4.79. The van der Waals surface area contributed by atoms with Crippen molar-refractivity contribution in [1.82, 2.24) is 0 Å². The van der Waals surface area contributed by atoms with Crippen LogP contribution < -0.4 is 0 Å². The summed E-state index contributed by atoms with van der Waals surface area (Å²) < 4.78 is 0. The summed E-state index contributed by atoms with van der Waals surface area (Å²) in [4.78, 5) is 0. The third-order valence-electron chi connectivity index (χ3n) is 3.16. The van der Waals surface area contributed by atoms with Crippen molar-refractivity contribution < 1.29 is 5.11 Å². The number of fused-ring (bicyclic) bond motifs is 1. The van der Waals surface area contributed by atoms with Gasteiger partial charge >= 0.3 is 0 Å². The average molecular weight is 164 g/mol. The van der Waals surface area contributed by atoms with Gasteiger partial charge in [0.2, 0.25) is 0 Å². The van der Waals surface area contributed by atoms with Crippen LogP contribution in [0.5, 0.6) is 0 Å². The summed E-state index contributed by atoms with van der Waals surface area (Å²) in [7, 11) is 0. The van der Waals surface area contributed by atoms with Crippen LogP contribution in [0.1, 0.15) is 32.6 Å². The summed E-state index contributed by atoms with van der Waals surface area (Å²) in [6, 6.07) is 0. The van der Waals surface area contributed by atoms with Gasteiger partial charge < -0.3 is 5.11 Å². The second kappa shape index (κ2) is 2.74. The van der Waals surface area contributed by atoms with Gasteiger partial charge in [-0.05, 0) is 19.3 Å². The van der Waals surface area contributed by atoms with E-state index in [2.05, 4.69) is 13.0 Å². The van der Waals surface area contributed by atoms with Crippen LogP contribution in [0.2, 0.25) is 0 Å². The lowest BCUT2D eigenvalue weighted by atomic mass is 9.69. The smallest absolute Gasteiger partial charge is 0.0905 e. The molecular formula is C11H16O. The number of allylic oxidation sites excluding steroid dienone is 2. The Morgan fingerprint density at radius 3 is 3.17 bits per heavy atom. The van der Waals surface area contributed by atoms with Gasteiger partial charge in [0, 0.05) is 5.41 Å². The van der Waals surface area contributed by atoms with E-state index in [0.29, 0.717) is 0 Å². The van der Waals surface area contributed by atoms with Gasteiger partial charge in [-0.25, -0.2) is 0 Å². The number of rotatable bonds is 0. The first-order valence-electron chi connectivity index (χ1n) is 4.79. The van der Waals surface area contributed by atoms with Crippen LogP contribution in [0.25, 0.3) is 0 Å². The molecule has 0 aliphatic heterocycles. The minimum Gasteiger partial charge on any atom is -0.385 e. The molecule has 0 spiro atoms. The highest BCUT2D eigenvalue weighted by molar-refractivity contribution is 5.30. The quantitative estimate of drug-likeness (QED) is 0.545. The van der Waals surface area contributed by atoms with Crippen molar-refractivity contribution in [1.29, 1.82) is 0 Å². The molecule has 1 nitrogen and oxygen atoms in total. The van der Waals surface area contributed by atoms with Crippen LogP contribution in [0.3, 0.4) is 0 Å². The molecule has 12 heavy (non-hydrogen) atoms. The Bertz CT molecular complexity index is 239. The summed E-state index contributed by atoms with van der Waals surface area (Å²) >= 11 is 0. The van der Waals surface area contributed by atoms with Crippen molar-refractivity contribution in [3.63, 3.8) is 0 Å². The van der Waals surface area contributed by atoms with Gasteiger partial charge in [-0.15, -0.1) is 0 Å². The zero-order valence-corrected chi connectivity index (χ0v) is 7.59. The van der Waals surface area contributed by atoms with E-state index >= 15 is 0 Å². The molecule has 0 bridgehead atoms. The molecule has 0 heterocycles. The maximum atomic E-state index is 9.40. The van der Waals surface area contributed by atoms with Crippen molar-refractivity contribution in [2.45, 2.75) is 38.7 Å². The highest BCUT2D eigenvalue weighted by Gasteiger charge is 2.31. The molecule has 0 amide bonds. The number of aliphatic hydroxyl groups is 1. The normalized spacial score (nSPS) is 40.5. The fraction of sp³-hybridized carbons (Fsp3) is 0.636. The molecule has 1 N–H and O–H groups in total. The van der Waals surface area contributed by atoms with Gasteiger partial charge in [-0.2, -0.15) is 0 Å². The predicted octanol–water partition coefficient (Wildman–Crippen LogP) is 2.42. The predicted molar refractivity (Wildman–Crippen MR) is 49.8 cm³/mol. The van der Waals surface area contributed by atoms with Crippen LogP contribution in [0.4, 0.5) is 0 Å². The van der Waals surface area contributed by atoms with Gasteiger partial charge in [0.25, 0.3) is 0 Å². The number of hydrogen-bond donors (Lipinski definition) is 1. The maximum absolute atomic E-state index is 9.40. The lowest BCUT2D eigenvalue weighted by Crippen LogP contribution is -2.25. The second-order valence-electron chi connectivity index (χ2n) is 4.17. The number of hydrogen-bond acceptors (Lipinski definition) is 1. The third-order valence-corrected chi connectivity index (χ3v) is 3.16. The monoisotopic (exact) mass is 164 g/mol. The highest BCUT2D eigenvalue weighted by atomic mass is 16.3. The minimum atomic E-state index is -0.328. The SMILES string of the molecule is C[C@]12C=CC(O)C=C1CCCC2. The molecule has 2 atom stereocenters. The van der Waals surface area contributed by atoms with Crippen LogP contribution in [0.15, 0.2) is 23.8 Å². The molecule has 0 aromatic heterocycles. The number of aliphatic hydroxyl groups excluding tert-OH is 1. The van der Waals surface area contributed by atoms with Gasteiger partial charge in [-0.1, -0.05) is 37.1 Å². The van der Waals surface area contributed by atoms with E-state index in [1.165, 1.54) is 31.3 Å². The molecule has 1 unspecified atom stereocenters. The van der Waals surface area contributed by atoms with Crippen LogP contribution in [-0.4, -0.2) is 11.2 Å². The largest absolute Gasteiger partial charge is 0.385 e. The molecule has 0 radical (unpaired) electrons. The zero-order valence-electron chi connectivity index (χ0n) is 7.59. The molecule has 0 aromatic rings. The van der Waals surface area contributed by atoms with Gasteiger partial charge in [-0.3, -0.25) is 0 Å². The van der Waals surface area contributed by atoms with Gasteiger partial charge in [0.05, 0.1) is 6.10 Å². The first kappa shape index (κ1) is 8.06. The minimum absolute atomic E-state index is 0.275. The standard InChI is InChI=1S/C11H16O/c1-11-6-3-2-4-9(11)8-10(12)5-7-11/h5,7-8,10,12H,2-4,6H2,1H3/t10?,11-/m0/s1. The Labute approximate surface area is 73.8 Å². The van der Waals surface area contributed by atoms with Crippen molar-refractivity contribution in [2.75, 3.05) is 0 Å². The van der Waals surface area contributed by atoms with Gasteiger partial charge in [0.1, 0.15) is 0 Å². The van der Waals surface area contributed by atoms with E-state index in [-0.39, 0.29) is 11.5 Å². The van der Waals surface area contributed by atoms with Crippen LogP contribution in [0, 0.1) is 5.41 Å². The Morgan fingerprint density at radius 1 is 1.50 bits per heavy atom. The Morgan fingerprint density at radius 2 is 2.33 bits per heavy atom. The Balaban J connectivity index is 2.28. The van der Waals surface area contributed by atoms with E-state index in [0.717, 1.165) is 0 Å². The lowest BCUT2D eigenvalue weighted by molar-refractivity contribution is 0.254. The molecule has 0 saturated heterocycles. The summed E-state index contributed by atoms with van der Waals surface area (Å²) in [5.74, 6) is 0. The van der Waals surface area contributed by atoms with E-state index in [1.807, 2.05) is 12.2 Å². The maximum Gasteiger partial charge on any atom is 0.0905 e. The summed E-state index contributed by atoms with van der Waals surface area (Å²) in [5, 5.41) is 9.40. The molecule has 2 rings (SSSR count). The van der Waals surface area contributed by atoms with Crippen molar-refractivity contribution in [2.24, 2.45) is 5.41 Å². The van der Waals surface area contributed by atoms with E-state index in [4.69, 9.17) is 0 Å². The van der Waals surface area contributed by atoms with E-state index in [1.54, 1.807) is 0 Å². The van der Waals surface area contributed by atoms with E-state index < -0.39 is 0 Å². The van der Waals surface area contributed by atoms with Crippen molar-refractivity contribution in [3.8, 4) is 0 Å². The fourth-order valence-corrected chi connectivity index (χ4v) is 2.29. The fourth-order valence-electron chi connectivity index (χ4n) is 2.29. The lowest BCUT2D eigenvalue weighted by Gasteiger charge is -2.36.